The van der Waals surface area contributed by atoms with Crippen molar-refractivity contribution in [2.24, 2.45) is 0 Å². The van der Waals surface area contributed by atoms with E-state index in [1.165, 1.54) is 24.3 Å². The summed E-state index contributed by atoms with van der Waals surface area (Å²) in [5, 5.41) is 9.35. The molecule has 0 bridgehead atoms. The molecule has 0 spiro atoms. The molecule has 0 heterocycles. The van der Waals surface area contributed by atoms with E-state index in [2.05, 4.69) is 6.58 Å². The molecule has 1 unspecified atom stereocenters. The van der Waals surface area contributed by atoms with Crippen molar-refractivity contribution in [1.29, 1.82) is 0 Å². The van der Waals surface area contributed by atoms with Gasteiger partial charge in [-0.25, -0.2) is 8.78 Å². The first-order valence-electron chi connectivity index (χ1n) is 4.37. The van der Waals surface area contributed by atoms with E-state index in [-0.39, 0.29) is 12.0 Å². The Hall–Kier alpha value is -1.22. The van der Waals surface area contributed by atoms with E-state index in [0.29, 0.717) is 6.42 Å². The van der Waals surface area contributed by atoms with Crippen LogP contribution in [0.15, 0.2) is 30.9 Å². The average Bonchev–Trinajstić information content (AvgIpc) is 2.12. The van der Waals surface area contributed by atoms with Crippen molar-refractivity contribution in [2.45, 2.75) is 18.9 Å². The summed E-state index contributed by atoms with van der Waals surface area (Å²) in [6.45, 7) is 3.44. The quantitative estimate of drug-likeness (QED) is 0.737. The zero-order valence-corrected chi connectivity index (χ0v) is 7.71. The molecule has 0 aromatic heterocycles. The van der Waals surface area contributed by atoms with Gasteiger partial charge in [-0.1, -0.05) is 12.1 Å². The summed E-state index contributed by atoms with van der Waals surface area (Å²) in [5.74, 6) is -1.23. The number of hydrogen-bond donors (Lipinski definition) is 1. The van der Waals surface area contributed by atoms with E-state index in [1.54, 1.807) is 0 Å². The van der Waals surface area contributed by atoms with E-state index < -0.39 is 17.7 Å². The minimum Gasteiger partial charge on any atom is -0.392 e. The fraction of sp³-hybridized carbons (Fsp3) is 0.273. The Morgan fingerprint density at radius 2 is 1.93 bits per heavy atom. The zero-order valence-electron chi connectivity index (χ0n) is 7.71. The summed E-state index contributed by atoms with van der Waals surface area (Å²) in [6, 6.07) is 3.66. The molecule has 76 valence electrons. The lowest BCUT2D eigenvalue weighted by molar-refractivity contribution is 0.175. The molecule has 0 saturated heterocycles. The highest BCUT2D eigenvalue weighted by Crippen LogP contribution is 2.15. The standard InChI is InChI=1S/C11H12F2O/c1-2-4-8(14)7-9-10(12)5-3-6-11(9)13/h2-3,5-6,8,14H,1,4,7H2. The number of halogens is 2. The van der Waals surface area contributed by atoms with Crippen molar-refractivity contribution in [3.63, 3.8) is 0 Å². The number of aliphatic hydroxyl groups is 1. The van der Waals surface area contributed by atoms with E-state index >= 15 is 0 Å². The van der Waals surface area contributed by atoms with Crippen LogP contribution in [0.25, 0.3) is 0 Å². The van der Waals surface area contributed by atoms with Gasteiger partial charge in [0.15, 0.2) is 0 Å². The number of aliphatic hydroxyl groups excluding tert-OH is 1. The van der Waals surface area contributed by atoms with Crippen LogP contribution < -0.4 is 0 Å². The topological polar surface area (TPSA) is 20.2 Å². The molecule has 1 rings (SSSR count). The maximum absolute atomic E-state index is 13.1. The Morgan fingerprint density at radius 1 is 1.36 bits per heavy atom. The first-order valence-corrected chi connectivity index (χ1v) is 4.37. The largest absolute Gasteiger partial charge is 0.392 e. The first kappa shape index (κ1) is 10.9. The second-order valence-corrected chi connectivity index (χ2v) is 3.08. The van der Waals surface area contributed by atoms with Crippen molar-refractivity contribution in [1.82, 2.24) is 0 Å². The molecule has 14 heavy (non-hydrogen) atoms. The predicted octanol–water partition coefficient (Wildman–Crippen LogP) is 2.44. The van der Waals surface area contributed by atoms with E-state index in [0.717, 1.165) is 0 Å². The lowest BCUT2D eigenvalue weighted by Gasteiger charge is -2.09. The number of hydrogen-bond acceptors (Lipinski definition) is 1. The van der Waals surface area contributed by atoms with Gasteiger partial charge in [-0.15, -0.1) is 6.58 Å². The Morgan fingerprint density at radius 3 is 2.43 bits per heavy atom. The molecule has 0 fully saturated rings. The molecular formula is C11H12F2O. The number of benzene rings is 1. The maximum atomic E-state index is 13.1. The Labute approximate surface area is 81.7 Å². The summed E-state index contributed by atoms with van der Waals surface area (Å²) in [4.78, 5) is 0. The van der Waals surface area contributed by atoms with Crippen LogP contribution in [0.4, 0.5) is 8.78 Å². The molecule has 1 aromatic carbocycles. The average molecular weight is 198 g/mol. The monoisotopic (exact) mass is 198 g/mol. The molecule has 3 heteroatoms. The van der Waals surface area contributed by atoms with Gasteiger partial charge < -0.3 is 5.11 Å². The molecule has 0 aliphatic rings. The first-order chi connectivity index (χ1) is 6.65. The van der Waals surface area contributed by atoms with Crippen LogP contribution in [0.5, 0.6) is 0 Å². The fourth-order valence-electron chi connectivity index (χ4n) is 1.24. The molecule has 1 N–H and O–H groups in total. The zero-order chi connectivity index (χ0) is 10.6. The highest BCUT2D eigenvalue weighted by Gasteiger charge is 2.12. The highest BCUT2D eigenvalue weighted by atomic mass is 19.1. The fourth-order valence-corrected chi connectivity index (χ4v) is 1.24. The van der Waals surface area contributed by atoms with Gasteiger partial charge in [0, 0.05) is 12.0 Å². The minimum absolute atomic E-state index is 0.0233. The summed E-state index contributed by atoms with van der Waals surface area (Å²) in [7, 11) is 0. The second kappa shape index (κ2) is 4.86. The van der Waals surface area contributed by atoms with Crippen LogP contribution in [0.3, 0.4) is 0 Å². The van der Waals surface area contributed by atoms with Crippen LogP contribution in [0.2, 0.25) is 0 Å². The van der Waals surface area contributed by atoms with Crippen LogP contribution in [0, 0.1) is 11.6 Å². The third kappa shape index (κ3) is 2.64. The molecule has 0 amide bonds. The molecule has 0 aliphatic heterocycles. The summed E-state index contributed by atoms with van der Waals surface area (Å²) in [5.41, 5.74) is -0.0677. The normalized spacial score (nSPS) is 12.5. The van der Waals surface area contributed by atoms with Crippen molar-refractivity contribution >= 4 is 0 Å². The van der Waals surface area contributed by atoms with E-state index in [1.807, 2.05) is 0 Å². The molecular weight excluding hydrogens is 186 g/mol. The Kier molecular flexibility index (Phi) is 3.77. The smallest absolute Gasteiger partial charge is 0.129 e. The van der Waals surface area contributed by atoms with E-state index in [4.69, 9.17) is 0 Å². The van der Waals surface area contributed by atoms with Crippen LogP contribution in [-0.2, 0) is 6.42 Å². The van der Waals surface area contributed by atoms with Crippen LogP contribution >= 0.6 is 0 Å². The van der Waals surface area contributed by atoms with Gasteiger partial charge in [0.2, 0.25) is 0 Å². The van der Waals surface area contributed by atoms with Gasteiger partial charge in [-0.2, -0.15) is 0 Å². The molecule has 0 saturated carbocycles. The third-order valence-corrected chi connectivity index (χ3v) is 1.94. The van der Waals surface area contributed by atoms with Gasteiger partial charge in [-0.05, 0) is 18.6 Å². The molecule has 0 aliphatic carbocycles. The predicted molar refractivity (Wildman–Crippen MR) is 50.9 cm³/mol. The Balaban J connectivity index is 2.80. The van der Waals surface area contributed by atoms with Gasteiger partial charge in [0.25, 0.3) is 0 Å². The van der Waals surface area contributed by atoms with Crippen LogP contribution in [0.1, 0.15) is 12.0 Å². The van der Waals surface area contributed by atoms with E-state index in [9.17, 15) is 13.9 Å². The summed E-state index contributed by atoms with van der Waals surface area (Å²) >= 11 is 0. The van der Waals surface area contributed by atoms with Gasteiger partial charge in [0.1, 0.15) is 11.6 Å². The minimum atomic E-state index is -0.779. The second-order valence-electron chi connectivity index (χ2n) is 3.08. The molecule has 1 atom stereocenters. The SMILES string of the molecule is C=CCC(O)Cc1c(F)cccc1F. The Bertz CT molecular complexity index is 303. The molecule has 0 radical (unpaired) electrons. The number of rotatable bonds is 4. The van der Waals surface area contributed by atoms with Crippen LogP contribution in [-0.4, -0.2) is 11.2 Å². The van der Waals surface area contributed by atoms with Crippen molar-refractivity contribution in [2.75, 3.05) is 0 Å². The van der Waals surface area contributed by atoms with Crippen molar-refractivity contribution in [3.8, 4) is 0 Å². The summed E-state index contributed by atoms with van der Waals surface area (Å²) in [6.07, 6.45) is 1.04. The lowest BCUT2D eigenvalue weighted by atomic mass is 10.0. The summed E-state index contributed by atoms with van der Waals surface area (Å²) < 4.78 is 26.1. The molecule has 1 nitrogen and oxygen atoms in total. The van der Waals surface area contributed by atoms with Gasteiger partial charge >= 0.3 is 0 Å². The third-order valence-electron chi connectivity index (χ3n) is 1.94. The lowest BCUT2D eigenvalue weighted by Crippen LogP contribution is -2.11. The molecule has 1 aromatic rings. The maximum Gasteiger partial charge on any atom is 0.129 e. The van der Waals surface area contributed by atoms with Crippen molar-refractivity contribution < 1.29 is 13.9 Å². The van der Waals surface area contributed by atoms with Crippen molar-refractivity contribution in [3.05, 3.63) is 48.1 Å². The highest BCUT2D eigenvalue weighted by molar-refractivity contribution is 5.20. The van der Waals surface area contributed by atoms with Gasteiger partial charge in [0.05, 0.1) is 6.10 Å². The van der Waals surface area contributed by atoms with Gasteiger partial charge in [-0.3, -0.25) is 0 Å².